The summed E-state index contributed by atoms with van der Waals surface area (Å²) in [5, 5.41) is 4.45. The lowest BCUT2D eigenvalue weighted by molar-refractivity contribution is -0.0221. The largest absolute Gasteiger partial charge is 0.398 e. The van der Waals surface area contributed by atoms with E-state index in [-0.39, 0.29) is 0 Å². The number of benzene rings is 1. The summed E-state index contributed by atoms with van der Waals surface area (Å²) in [7, 11) is 0. The van der Waals surface area contributed by atoms with Gasteiger partial charge in [0.1, 0.15) is 5.60 Å². The molecular weight excluding hydrogens is 266 g/mol. The maximum Gasteiger partial charge on any atom is 0.258 e. The Bertz CT molecular complexity index is 581. The van der Waals surface area contributed by atoms with Gasteiger partial charge in [0.2, 0.25) is 5.82 Å². The van der Waals surface area contributed by atoms with Gasteiger partial charge < -0.3 is 15.0 Å². The summed E-state index contributed by atoms with van der Waals surface area (Å²) < 4.78 is 10.8. The van der Waals surface area contributed by atoms with Gasteiger partial charge >= 0.3 is 0 Å². The first kappa shape index (κ1) is 13.8. The lowest BCUT2D eigenvalue weighted by atomic mass is 10.1. The first-order valence-electron chi connectivity index (χ1n) is 5.97. The Balaban J connectivity index is 2.33. The predicted octanol–water partition coefficient (Wildman–Crippen LogP) is 3.24. The van der Waals surface area contributed by atoms with Crippen molar-refractivity contribution in [1.29, 1.82) is 0 Å². The summed E-state index contributed by atoms with van der Waals surface area (Å²) in [4.78, 5) is 4.34. The van der Waals surface area contributed by atoms with E-state index in [1.807, 2.05) is 20.8 Å². The number of hydrogen-bond acceptors (Lipinski definition) is 5. The molecule has 1 aromatic carbocycles. The Kier molecular flexibility index (Phi) is 3.78. The standard InChI is InChI=1S/C13H16ClN3O2/c1-4-18-13(2,3)12-16-11(19-17-12)8-5-6-9(14)10(15)7-8/h5-7H,4,15H2,1-3H3. The van der Waals surface area contributed by atoms with Crippen molar-refractivity contribution in [1.82, 2.24) is 10.1 Å². The minimum Gasteiger partial charge on any atom is -0.398 e. The van der Waals surface area contributed by atoms with Crippen LogP contribution >= 0.6 is 11.6 Å². The first-order chi connectivity index (χ1) is 8.94. The van der Waals surface area contributed by atoms with Gasteiger partial charge in [0.05, 0.1) is 10.7 Å². The van der Waals surface area contributed by atoms with Gasteiger partial charge in [-0.25, -0.2) is 0 Å². The lowest BCUT2D eigenvalue weighted by Gasteiger charge is -2.19. The molecule has 19 heavy (non-hydrogen) atoms. The molecule has 0 amide bonds. The summed E-state index contributed by atoms with van der Waals surface area (Å²) in [5.41, 5.74) is 6.37. The molecular formula is C13H16ClN3O2. The molecule has 2 N–H and O–H groups in total. The molecule has 2 aromatic rings. The number of rotatable bonds is 4. The first-order valence-corrected chi connectivity index (χ1v) is 6.35. The van der Waals surface area contributed by atoms with Crippen molar-refractivity contribution in [2.24, 2.45) is 0 Å². The zero-order valence-electron chi connectivity index (χ0n) is 11.1. The summed E-state index contributed by atoms with van der Waals surface area (Å²) >= 11 is 5.88. The van der Waals surface area contributed by atoms with Gasteiger partial charge in [-0.3, -0.25) is 0 Å². The average Bonchev–Trinajstić information content (AvgIpc) is 2.83. The van der Waals surface area contributed by atoms with Gasteiger partial charge in [-0.2, -0.15) is 4.98 Å². The monoisotopic (exact) mass is 281 g/mol. The smallest absolute Gasteiger partial charge is 0.258 e. The third-order valence-electron chi connectivity index (χ3n) is 2.71. The highest BCUT2D eigenvalue weighted by molar-refractivity contribution is 6.33. The molecule has 1 aromatic heterocycles. The SMILES string of the molecule is CCOC(C)(C)c1noc(-c2ccc(Cl)c(N)c2)n1. The van der Waals surface area contributed by atoms with Crippen LogP contribution in [0.4, 0.5) is 5.69 Å². The third-order valence-corrected chi connectivity index (χ3v) is 3.06. The van der Waals surface area contributed by atoms with Crippen LogP contribution in [-0.4, -0.2) is 16.7 Å². The number of aromatic nitrogens is 2. The molecule has 6 heteroatoms. The molecule has 0 saturated carbocycles. The maximum absolute atomic E-state index is 5.88. The van der Waals surface area contributed by atoms with Crippen molar-refractivity contribution < 1.29 is 9.26 Å². The minimum absolute atomic E-state index is 0.395. The molecule has 0 radical (unpaired) electrons. The van der Waals surface area contributed by atoms with E-state index < -0.39 is 5.60 Å². The summed E-state index contributed by atoms with van der Waals surface area (Å²) in [6.45, 7) is 6.27. The van der Waals surface area contributed by atoms with Gasteiger partial charge in [0, 0.05) is 12.2 Å². The van der Waals surface area contributed by atoms with Crippen LogP contribution < -0.4 is 5.73 Å². The van der Waals surface area contributed by atoms with Gasteiger partial charge in [0.15, 0.2) is 0 Å². The van der Waals surface area contributed by atoms with Crippen molar-refractivity contribution in [2.75, 3.05) is 12.3 Å². The number of anilines is 1. The number of nitrogens with two attached hydrogens (primary N) is 1. The van der Waals surface area contributed by atoms with Gasteiger partial charge in [-0.1, -0.05) is 16.8 Å². The maximum atomic E-state index is 5.88. The number of halogens is 1. The highest BCUT2D eigenvalue weighted by Crippen LogP contribution is 2.28. The van der Waals surface area contributed by atoms with E-state index in [9.17, 15) is 0 Å². The van der Waals surface area contributed by atoms with Crippen LogP contribution in [0.1, 0.15) is 26.6 Å². The average molecular weight is 282 g/mol. The molecule has 0 atom stereocenters. The number of nitrogens with zero attached hydrogens (tertiary/aromatic N) is 2. The number of nitrogen functional groups attached to an aromatic ring is 1. The predicted molar refractivity (Wildman–Crippen MR) is 73.8 cm³/mol. The van der Waals surface area contributed by atoms with Crippen molar-refractivity contribution in [2.45, 2.75) is 26.4 Å². The van der Waals surface area contributed by atoms with E-state index >= 15 is 0 Å². The van der Waals surface area contributed by atoms with Crippen LogP contribution in [0, 0.1) is 0 Å². The fourth-order valence-electron chi connectivity index (χ4n) is 1.69. The second-order valence-electron chi connectivity index (χ2n) is 4.60. The molecule has 0 unspecified atom stereocenters. The summed E-state index contributed by atoms with van der Waals surface area (Å²) in [5.74, 6) is 0.893. The highest BCUT2D eigenvalue weighted by Gasteiger charge is 2.27. The Labute approximate surface area is 116 Å². The molecule has 0 spiro atoms. The zero-order valence-corrected chi connectivity index (χ0v) is 11.9. The zero-order chi connectivity index (χ0) is 14.0. The second kappa shape index (κ2) is 5.19. The fourth-order valence-corrected chi connectivity index (χ4v) is 1.81. The summed E-state index contributed by atoms with van der Waals surface area (Å²) in [6.07, 6.45) is 0. The van der Waals surface area contributed by atoms with Crippen LogP contribution in [0.25, 0.3) is 11.5 Å². The van der Waals surface area contributed by atoms with E-state index in [0.29, 0.717) is 29.0 Å². The van der Waals surface area contributed by atoms with E-state index in [1.165, 1.54) is 0 Å². The number of hydrogen-bond donors (Lipinski definition) is 1. The Morgan fingerprint density at radius 1 is 1.42 bits per heavy atom. The van der Waals surface area contributed by atoms with Crippen molar-refractivity contribution in [3.8, 4) is 11.5 Å². The normalized spacial score (nSPS) is 11.8. The van der Waals surface area contributed by atoms with Gasteiger partial charge in [0.25, 0.3) is 5.89 Å². The highest BCUT2D eigenvalue weighted by atomic mass is 35.5. The van der Waals surface area contributed by atoms with E-state index in [0.717, 1.165) is 5.56 Å². The Morgan fingerprint density at radius 2 is 2.16 bits per heavy atom. The molecule has 102 valence electrons. The van der Waals surface area contributed by atoms with Crippen LogP contribution in [0.15, 0.2) is 22.7 Å². The molecule has 5 nitrogen and oxygen atoms in total. The molecule has 0 aliphatic heterocycles. The molecule has 2 rings (SSSR count). The lowest BCUT2D eigenvalue weighted by Crippen LogP contribution is -2.23. The van der Waals surface area contributed by atoms with Crippen molar-refractivity contribution in [3.63, 3.8) is 0 Å². The van der Waals surface area contributed by atoms with Crippen LogP contribution in [-0.2, 0) is 10.3 Å². The molecule has 0 aliphatic carbocycles. The second-order valence-corrected chi connectivity index (χ2v) is 5.01. The van der Waals surface area contributed by atoms with Crippen molar-refractivity contribution >= 4 is 17.3 Å². The van der Waals surface area contributed by atoms with Crippen LogP contribution in [0.2, 0.25) is 5.02 Å². The van der Waals surface area contributed by atoms with Crippen LogP contribution in [0.3, 0.4) is 0 Å². The molecule has 1 heterocycles. The molecule has 0 saturated heterocycles. The third kappa shape index (κ3) is 2.88. The van der Waals surface area contributed by atoms with Crippen molar-refractivity contribution in [3.05, 3.63) is 29.0 Å². The van der Waals surface area contributed by atoms with E-state index in [1.54, 1.807) is 18.2 Å². The quantitative estimate of drug-likeness (QED) is 0.871. The van der Waals surface area contributed by atoms with E-state index in [2.05, 4.69) is 10.1 Å². The van der Waals surface area contributed by atoms with Gasteiger partial charge in [-0.05, 0) is 39.0 Å². The fraction of sp³-hybridized carbons (Fsp3) is 0.385. The molecule has 0 fully saturated rings. The van der Waals surface area contributed by atoms with Gasteiger partial charge in [-0.15, -0.1) is 0 Å². The minimum atomic E-state index is -0.589. The Morgan fingerprint density at radius 3 is 2.79 bits per heavy atom. The number of ether oxygens (including phenoxy) is 1. The van der Waals surface area contributed by atoms with Crippen LogP contribution in [0.5, 0.6) is 0 Å². The molecule has 0 bridgehead atoms. The molecule has 0 aliphatic rings. The van der Waals surface area contributed by atoms with E-state index in [4.69, 9.17) is 26.6 Å². The topological polar surface area (TPSA) is 74.2 Å². The summed E-state index contributed by atoms with van der Waals surface area (Å²) in [6, 6.07) is 5.18. The Hall–Kier alpha value is -1.59.